The molecule has 2 nitrogen and oxygen atoms in total. The van der Waals surface area contributed by atoms with Gasteiger partial charge in [0.2, 0.25) is 11.4 Å². The molecule has 0 aromatic heterocycles. The molecular formula is C40H62N2Pd. The summed E-state index contributed by atoms with van der Waals surface area (Å²) in [4.78, 5) is 2.79. The summed E-state index contributed by atoms with van der Waals surface area (Å²) < 4.78 is 1.56. The number of aryl methyl sites for hydroxylation is 2. The van der Waals surface area contributed by atoms with E-state index < -0.39 is 0 Å². The molecule has 1 aliphatic heterocycles. The summed E-state index contributed by atoms with van der Waals surface area (Å²) in [6.45, 7) is 13.5. The molecule has 1 heterocycles. The average molecular weight is 677 g/mol. The van der Waals surface area contributed by atoms with Gasteiger partial charge in [0.05, 0.1) is 0 Å². The molecule has 0 spiro atoms. The molecule has 3 heteroatoms. The zero-order chi connectivity index (χ0) is 31.3. The zero-order valence-corrected chi connectivity index (χ0v) is 30.1. The van der Waals surface area contributed by atoms with E-state index in [-0.39, 0.29) is 0 Å². The molecule has 0 unspecified atom stereocenters. The van der Waals surface area contributed by atoms with E-state index in [2.05, 4.69) is 90.1 Å². The molecule has 2 aromatic carbocycles. The molecule has 0 atom stereocenters. The van der Waals surface area contributed by atoms with Crippen LogP contribution in [0.3, 0.4) is 0 Å². The Balaban J connectivity index is 0.00000119. The second-order valence-corrected chi connectivity index (χ2v) is 14.8. The number of unbranched alkanes of at least 4 members (excludes halogenated alkanes) is 8. The quantitative estimate of drug-likeness (QED) is 0.0757. The van der Waals surface area contributed by atoms with Crippen molar-refractivity contribution in [1.82, 2.24) is 0 Å². The van der Waals surface area contributed by atoms with Gasteiger partial charge in [-0.25, -0.2) is 4.70 Å². The van der Waals surface area contributed by atoms with Crippen LogP contribution in [0.4, 0.5) is 0 Å². The van der Waals surface area contributed by atoms with Crippen LogP contribution in [0.25, 0.3) is 16.9 Å². The summed E-state index contributed by atoms with van der Waals surface area (Å²) >= 11 is 1.04. The Kier molecular flexibility index (Phi) is 19.7. The zero-order valence-electron chi connectivity index (χ0n) is 28.6. The third-order valence-electron chi connectivity index (χ3n) is 8.28. The Morgan fingerprint density at radius 2 is 0.930 bits per heavy atom. The SMILES string of the molecule is CCCCCCCCC1=C(c2cccc(CCCC)c2)[N+](=[N-])C(c2cccc(CCCC)c2)=C1CCCC.C[CH2][Pd][CH2]C. The molecule has 0 amide bonds. The van der Waals surface area contributed by atoms with Crippen molar-refractivity contribution in [1.29, 1.82) is 0 Å². The van der Waals surface area contributed by atoms with Crippen molar-refractivity contribution in [3.05, 3.63) is 87.5 Å². The number of allylic oxidation sites excluding steroid dienone is 2. The van der Waals surface area contributed by atoms with Crippen LogP contribution in [-0.2, 0) is 30.8 Å². The van der Waals surface area contributed by atoms with Crippen LogP contribution < -0.4 is 0 Å². The van der Waals surface area contributed by atoms with Crippen molar-refractivity contribution in [3.63, 3.8) is 0 Å². The second-order valence-electron chi connectivity index (χ2n) is 11.8. The van der Waals surface area contributed by atoms with E-state index >= 15 is 0 Å². The van der Waals surface area contributed by atoms with Gasteiger partial charge in [0.1, 0.15) is 0 Å². The van der Waals surface area contributed by atoms with Gasteiger partial charge in [0, 0.05) is 22.3 Å². The predicted octanol–water partition coefficient (Wildman–Crippen LogP) is 13.4. The first-order valence-electron chi connectivity index (χ1n) is 17.6. The van der Waals surface area contributed by atoms with E-state index in [1.54, 1.807) is 4.70 Å². The van der Waals surface area contributed by atoms with Gasteiger partial charge in [0.25, 0.3) is 0 Å². The summed E-state index contributed by atoms with van der Waals surface area (Å²) in [6.07, 6.45) is 19.1. The molecule has 0 saturated carbocycles. The molecule has 0 bridgehead atoms. The van der Waals surface area contributed by atoms with E-state index in [0.717, 1.165) is 79.0 Å². The summed E-state index contributed by atoms with van der Waals surface area (Å²) in [6, 6.07) is 17.9. The number of nitrogens with zero attached hydrogens (tertiary/aromatic N) is 2. The number of rotatable bonds is 20. The molecule has 2 aromatic rings. The first kappa shape index (κ1) is 37.4. The van der Waals surface area contributed by atoms with Gasteiger partial charge in [-0.15, -0.1) is 0 Å². The number of hydrogen-bond donors (Lipinski definition) is 0. The van der Waals surface area contributed by atoms with Crippen molar-refractivity contribution >= 4 is 11.4 Å². The maximum atomic E-state index is 11.9. The Morgan fingerprint density at radius 1 is 0.512 bits per heavy atom. The molecule has 43 heavy (non-hydrogen) atoms. The van der Waals surface area contributed by atoms with Gasteiger partial charge in [0.15, 0.2) is 0 Å². The molecule has 3 rings (SSSR count). The van der Waals surface area contributed by atoms with Crippen molar-refractivity contribution in [2.75, 3.05) is 0 Å². The van der Waals surface area contributed by atoms with Crippen molar-refractivity contribution in [2.45, 2.75) is 154 Å². The molecule has 242 valence electrons. The van der Waals surface area contributed by atoms with E-state index in [4.69, 9.17) is 0 Å². The van der Waals surface area contributed by atoms with Crippen molar-refractivity contribution in [3.8, 4) is 0 Å². The van der Waals surface area contributed by atoms with Crippen LogP contribution in [0.5, 0.6) is 0 Å². The second kappa shape index (κ2) is 22.7. The van der Waals surface area contributed by atoms with Gasteiger partial charge in [-0.05, 0) is 86.8 Å². The van der Waals surface area contributed by atoms with Gasteiger partial charge in [-0.2, -0.15) is 0 Å². The molecular weight excluding hydrogens is 615 g/mol. The molecule has 0 fully saturated rings. The third kappa shape index (κ3) is 12.6. The van der Waals surface area contributed by atoms with E-state index in [1.165, 1.54) is 96.3 Å². The minimum absolute atomic E-state index is 1.02. The van der Waals surface area contributed by atoms with Crippen LogP contribution in [-0.4, -0.2) is 4.70 Å². The van der Waals surface area contributed by atoms with Crippen LogP contribution >= 0.6 is 0 Å². The van der Waals surface area contributed by atoms with Crippen LogP contribution in [0.2, 0.25) is 9.79 Å². The monoisotopic (exact) mass is 676 g/mol. The number of hydrogen-bond acceptors (Lipinski definition) is 0. The van der Waals surface area contributed by atoms with Crippen LogP contribution in [0.1, 0.15) is 154 Å². The Hall–Kier alpha value is -1.82. The fourth-order valence-corrected chi connectivity index (χ4v) is 6.67. The average Bonchev–Trinajstić information content (AvgIpc) is 3.31. The molecule has 0 N–H and O–H groups in total. The molecule has 0 aliphatic carbocycles. The van der Waals surface area contributed by atoms with E-state index in [0.29, 0.717) is 0 Å². The summed E-state index contributed by atoms with van der Waals surface area (Å²) in [5.41, 5.74) is 21.8. The fourth-order valence-electron chi connectivity index (χ4n) is 5.89. The Bertz CT molecular complexity index is 1140. The van der Waals surface area contributed by atoms with Crippen LogP contribution in [0, 0.1) is 0 Å². The summed E-state index contributed by atoms with van der Waals surface area (Å²) in [5, 5.41) is 0. The van der Waals surface area contributed by atoms with Crippen LogP contribution in [0.15, 0.2) is 59.7 Å². The number of benzene rings is 2. The Labute approximate surface area is 274 Å². The first-order chi connectivity index (χ1) is 21.1. The van der Waals surface area contributed by atoms with E-state index in [1.807, 2.05) is 0 Å². The first-order valence-corrected chi connectivity index (χ1v) is 19.8. The van der Waals surface area contributed by atoms with E-state index in [9.17, 15) is 5.53 Å². The van der Waals surface area contributed by atoms with Crippen molar-refractivity contribution in [2.24, 2.45) is 0 Å². The van der Waals surface area contributed by atoms with Gasteiger partial charge in [-0.3, -0.25) is 0 Å². The van der Waals surface area contributed by atoms with Gasteiger partial charge >= 0.3 is 41.6 Å². The topological polar surface area (TPSA) is 25.3 Å². The molecule has 0 saturated heterocycles. The summed E-state index contributed by atoms with van der Waals surface area (Å²) in [5.74, 6) is 0. The third-order valence-corrected chi connectivity index (χ3v) is 9.83. The van der Waals surface area contributed by atoms with Gasteiger partial charge in [-0.1, -0.05) is 103 Å². The minimum atomic E-state index is 1.02. The standard InChI is InChI=1S/C36H52N2.2C2H5.Pd/c1-5-9-13-14-15-16-26-34-33(25-12-8-4)35(31-23-17-21-29(27-31)19-10-6-2)38(37)36(34)32-24-18-22-30(28-32)20-11-7-3;2*1-2;/h17-18,21-24,27-28H,5-16,19-20,25-26H2,1-4H3;2*1H2,2H3;. The van der Waals surface area contributed by atoms with Crippen molar-refractivity contribution < 1.29 is 22.7 Å². The molecule has 0 radical (unpaired) electrons. The predicted molar refractivity (Wildman–Crippen MR) is 186 cm³/mol. The maximum absolute atomic E-state index is 11.9. The Morgan fingerprint density at radius 3 is 1.37 bits per heavy atom. The summed E-state index contributed by atoms with van der Waals surface area (Å²) in [7, 11) is 0. The molecule has 1 aliphatic rings. The fraction of sp³-hybridized carbons (Fsp3) is 0.600. The van der Waals surface area contributed by atoms with Gasteiger partial charge < -0.3 is 5.53 Å². The normalized spacial score (nSPS) is 13.2.